The van der Waals surface area contributed by atoms with Gasteiger partial charge in [0.25, 0.3) is 0 Å². The number of rotatable bonds is 13. The Balaban J connectivity index is 1.44. The average molecular weight is 469 g/mol. The van der Waals surface area contributed by atoms with Crippen molar-refractivity contribution in [2.45, 2.75) is 65.7 Å². The van der Waals surface area contributed by atoms with Crippen LogP contribution in [0.2, 0.25) is 0 Å². The Morgan fingerprint density at radius 3 is 2.30 bits per heavy atom. The summed E-state index contributed by atoms with van der Waals surface area (Å²) in [6.45, 7) is 6.88. The number of unbranched alkanes of at least 4 members (excludes halogenated alkanes) is 5. The van der Waals surface area contributed by atoms with Crippen LogP contribution in [0.4, 0.5) is 5.69 Å². The van der Waals surface area contributed by atoms with E-state index in [1.54, 1.807) is 11.9 Å². The molecule has 1 N–H and O–H groups in total. The number of ether oxygens (including phenoxy) is 2. The summed E-state index contributed by atoms with van der Waals surface area (Å²) in [5.74, 6) is 1.20. The highest BCUT2D eigenvalue weighted by atomic mass is 32.2. The van der Waals surface area contributed by atoms with Crippen LogP contribution in [0.25, 0.3) is 4.91 Å². The van der Waals surface area contributed by atoms with Gasteiger partial charge in [0.2, 0.25) is 0 Å². The number of anilines is 1. The van der Waals surface area contributed by atoms with Crippen LogP contribution in [0, 0.1) is 5.92 Å². The van der Waals surface area contributed by atoms with Crippen LogP contribution in [-0.4, -0.2) is 12.6 Å². The van der Waals surface area contributed by atoms with Gasteiger partial charge in [0.15, 0.2) is 0 Å². The minimum atomic E-state index is -0.188. The second-order valence-electron chi connectivity index (χ2n) is 8.39. The van der Waals surface area contributed by atoms with Gasteiger partial charge in [-0.05, 0) is 54.8 Å². The Hall–Kier alpha value is -2.60. The maximum Gasteiger partial charge on any atom is 0.314 e. The van der Waals surface area contributed by atoms with E-state index in [1.807, 2.05) is 60.9 Å². The lowest BCUT2D eigenvalue weighted by molar-refractivity contribution is -0.138. The molecular weight excluding hydrogens is 432 g/mol. The van der Waals surface area contributed by atoms with E-state index in [0.29, 0.717) is 5.75 Å². The molecule has 0 bridgehead atoms. The summed E-state index contributed by atoms with van der Waals surface area (Å²) >= 11 is 1.62. The van der Waals surface area contributed by atoms with Crippen molar-refractivity contribution in [1.29, 1.82) is 0 Å². The Bertz CT molecular complexity index is 897. The van der Waals surface area contributed by atoms with E-state index in [2.05, 4.69) is 24.5 Å². The van der Waals surface area contributed by atoms with Gasteiger partial charge in [-0.1, -0.05) is 65.0 Å². The maximum absolute atomic E-state index is 12.0. The minimum absolute atomic E-state index is 0.0946. The molecule has 3 rings (SSSR count). The molecule has 0 aromatic heterocycles. The van der Waals surface area contributed by atoms with E-state index in [0.717, 1.165) is 41.4 Å². The third-order valence-electron chi connectivity index (χ3n) is 5.71. The Morgan fingerprint density at radius 1 is 0.939 bits per heavy atom. The van der Waals surface area contributed by atoms with Gasteiger partial charge in [0.1, 0.15) is 11.5 Å². The van der Waals surface area contributed by atoms with Crippen LogP contribution < -0.4 is 19.3 Å². The van der Waals surface area contributed by atoms with E-state index in [-0.39, 0.29) is 11.9 Å². The molecule has 6 heteroatoms. The molecule has 0 unspecified atom stereocenters. The lowest BCUT2D eigenvalue weighted by Crippen LogP contribution is -2.22. The molecule has 1 aliphatic rings. The molecular formula is C27H36N2O3S. The topological polar surface area (TPSA) is 50.8 Å². The van der Waals surface area contributed by atoms with Gasteiger partial charge in [-0.3, -0.25) is 10.2 Å². The number of esters is 1. The smallest absolute Gasteiger partial charge is 0.314 e. The van der Waals surface area contributed by atoms with Gasteiger partial charge in [0.05, 0.1) is 23.1 Å². The number of carbonyl (C=O) groups excluding carboxylic acids is 1. The first-order valence-electron chi connectivity index (χ1n) is 12.1. The molecule has 0 spiro atoms. The third-order valence-corrected chi connectivity index (χ3v) is 6.76. The van der Waals surface area contributed by atoms with Gasteiger partial charge in [-0.15, -0.1) is 0 Å². The van der Waals surface area contributed by atoms with E-state index in [9.17, 15) is 4.79 Å². The zero-order chi connectivity index (χ0) is 23.5. The molecule has 0 fully saturated rings. The summed E-state index contributed by atoms with van der Waals surface area (Å²) in [5.41, 5.74) is 5.41. The fraction of sp³-hybridized carbons (Fsp3) is 0.444. The van der Waals surface area contributed by atoms with E-state index in [4.69, 9.17) is 9.47 Å². The van der Waals surface area contributed by atoms with Crippen molar-refractivity contribution in [3.63, 3.8) is 0 Å². The summed E-state index contributed by atoms with van der Waals surface area (Å²) in [6, 6.07) is 15.8. The lowest BCUT2D eigenvalue weighted by atomic mass is 10.1. The molecule has 2 aromatic carbocycles. The number of benzene rings is 2. The molecule has 0 aliphatic carbocycles. The molecule has 0 amide bonds. The highest BCUT2D eigenvalue weighted by molar-refractivity contribution is 8.09. The number of nitrogens with zero attached hydrogens (tertiary/aromatic N) is 1. The molecule has 0 radical (unpaired) electrons. The molecule has 0 saturated carbocycles. The highest BCUT2D eigenvalue weighted by Gasteiger charge is 2.18. The maximum atomic E-state index is 12.0. The van der Waals surface area contributed by atoms with Crippen LogP contribution in [0.5, 0.6) is 11.5 Å². The Kier molecular flexibility index (Phi) is 10.0. The number of nitrogens with one attached hydrogen (secondary N) is 1. The SMILES string of the molecule is CCCCCCCCOc1ccc(N2NC=C(c3ccc(OC(=O)[C@@H](C)CC)cc3)S2)cc1. The van der Waals surface area contributed by atoms with Crippen molar-refractivity contribution in [2.24, 2.45) is 5.92 Å². The van der Waals surface area contributed by atoms with Crippen LogP contribution in [-0.2, 0) is 4.79 Å². The Labute approximate surface area is 202 Å². The van der Waals surface area contributed by atoms with Gasteiger partial charge in [-0.25, -0.2) is 4.41 Å². The lowest BCUT2D eigenvalue weighted by Gasteiger charge is -2.17. The molecule has 2 aromatic rings. The number of hydrogen-bond donors (Lipinski definition) is 1. The standard InChI is InChI=1S/C27H36N2O3S/c1-4-6-7-8-9-10-19-31-24-17-13-23(14-18-24)29-28-20-26(33-29)22-11-15-25(16-12-22)32-27(30)21(3)5-2/h11-18,20-21,28H,4-10,19H2,1-3H3/t21-/m0/s1. The molecule has 1 aliphatic heterocycles. The molecule has 1 heterocycles. The van der Waals surface area contributed by atoms with Crippen molar-refractivity contribution in [3.8, 4) is 11.5 Å². The quantitative estimate of drug-likeness (QED) is 0.144. The third kappa shape index (κ3) is 7.74. The predicted molar refractivity (Wildman–Crippen MR) is 138 cm³/mol. The van der Waals surface area contributed by atoms with Gasteiger partial charge >= 0.3 is 5.97 Å². The summed E-state index contributed by atoms with van der Waals surface area (Å²) in [4.78, 5) is 13.1. The summed E-state index contributed by atoms with van der Waals surface area (Å²) < 4.78 is 13.3. The Morgan fingerprint density at radius 2 is 1.61 bits per heavy atom. The van der Waals surface area contributed by atoms with E-state index in [1.165, 1.54) is 32.1 Å². The summed E-state index contributed by atoms with van der Waals surface area (Å²) in [7, 11) is 0. The van der Waals surface area contributed by atoms with Crippen LogP contribution in [0.15, 0.2) is 54.7 Å². The normalized spacial score (nSPS) is 13.9. The first kappa shape index (κ1) is 25.0. The largest absolute Gasteiger partial charge is 0.494 e. The molecule has 0 saturated heterocycles. The monoisotopic (exact) mass is 468 g/mol. The number of hydrazine groups is 1. The number of hydrogen-bond acceptors (Lipinski definition) is 6. The first-order chi connectivity index (χ1) is 16.1. The van der Waals surface area contributed by atoms with Gasteiger partial charge in [-0.2, -0.15) is 0 Å². The van der Waals surface area contributed by atoms with Gasteiger partial charge < -0.3 is 9.47 Å². The van der Waals surface area contributed by atoms with Crippen molar-refractivity contribution >= 4 is 28.5 Å². The second-order valence-corrected chi connectivity index (χ2v) is 9.38. The zero-order valence-corrected chi connectivity index (χ0v) is 20.8. The van der Waals surface area contributed by atoms with Crippen LogP contribution >= 0.6 is 11.9 Å². The fourth-order valence-corrected chi connectivity index (χ4v) is 4.23. The van der Waals surface area contributed by atoms with E-state index < -0.39 is 0 Å². The minimum Gasteiger partial charge on any atom is -0.494 e. The van der Waals surface area contributed by atoms with Crippen molar-refractivity contribution in [1.82, 2.24) is 5.43 Å². The molecule has 33 heavy (non-hydrogen) atoms. The molecule has 1 atom stereocenters. The van der Waals surface area contributed by atoms with Crippen molar-refractivity contribution in [2.75, 3.05) is 11.0 Å². The first-order valence-corrected chi connectivity index (χ1v) is 12.9. The summed E-state index contributed by atoms with van der Waals surface area (Å²) in [5, 5.41) is 0. The van der Waals surface area contributed by atoms with Crippen molar-refractivity contribution < 1.29 is 14.3 Å². The van der Waals surface area contributed by atoms with Gasteiger partial charge in [0, 0.05) is 18.1 Å². The molecule has 5 nitrogen and oxygen atoms in total. The predicted octanol–water partition coefficient (Wildman–Crippen LogP) is 7.35. The van der Waals surface area contributed by atoms with Crippen LogP contribution in [0.3, 0.4) is 0 Å². The fourth-order valence-electron chi connectivity index (χ4n) is 3.35. The average Bonchev–Trinajstić information content (AvgIpc) is 3.34. The second kappa shape index (κ2) is 13.2. The zero-order valence-electron chi connectivity index (χ0n) is 20.0. The number of carbonyl (C=O) groups is 1. The highest BCUT2D eigenvalue weighted by Crippen LogP contribution is 2.37. The summed E-state index contributed by atoms with van der Waals surface area (Å²) in [6.07, 6.45) is 10.3. The van der Waals surface area contributed by atoms with Crippen LogP contribution in [0.1, 0.15) is 71.3 Å². The van der Waals surface area contributed by atoms with E-state index >= 15 is 0 Å². The van der Waals surface area contributed by atoms with Crippen molar-refractivity contribution in [3.05, 3.63) is 60.3 Å². The molecule has 178 valence electrons.